The molecule has 0 bridgehead atoms. The summed E-state index contributed by atoms with van der Waals surface area (Å²) in [5, 5.41) is 2.22. The van der Waals surface area contributed by atoms with Crippen LogP contribution in [0.25, 0.3) is 10.8 Å². The number of para-hydroxylation sites is 1. The molecule has 0 aromatic heterocycles. The minimum atomic E-state index is 0.00846. The van der Waals surface area contributed by atoms with Gasteiger partial charge in [-0.05, 0) is 41.5 Å². The lowest BCUT2D eigenvalue weighted by atomic mass is 10.1. The Hall–Kier alpha value is -2.81. The summed E-state index contributed by atoms with van der Waals surface area (Å²) in [6, 6.07) is 21.7. The molecule has 0 fully saturated rings. The Labute approximate surface area is 142 Å². The third-order valence-electron chi connectivity index (χ3n) is 4.12. The van der Waals surface area contributed by atoms with Crippen molar-refractivity contribution in [2.75, 3.05) is 20.2 Å². The fraction of sp³-hybridized carbons (Fsp3) is 0.190. The Morgan fingerprint density at radius 2 is 1.67 bits per heavy atom. The summed E-state index contributed by atoms with van der Waals surface area (Å²) in [4.78, 5) is 14.3. The Kier molecular flexibility index (Phi) is 4.80. The van der Waals surface area contributed by atoms with Crippen molar-refractivity contribution in [3.05, 3.63) is 77.9 Å². The topological polar surface area (TPSA) is 29.5 Å². The molecule has 0 atom stereocenters. The molecule has 0 aliphatic heterocycles. The third-order valence-corrected chi connectivity index (χ3v) is 4.12. The fourth-order valence-electron chi connectivity index (χ4n) is 2.66. The van der Waals surface area contributed by atoms with Crippen LogP contribution in [0.15, 0.2) is 66.7 Å². The second kappa shape index (κ2) is 7.18. The van der Waals surface area contributed by atoms with E-state index in [9.17, 15) is 4.79 Å². The van der Waals surface area contributed by atoms with Gasteiger partial charge in [0.05, 0.1) is 6.54 Å². The SMILES string of the molecule is Cc1ccccc1OCCN(C)C(=O)c1ccc2ccccc2c1. The summed E-state index contributed by atoms with van der Waals surface area (Å²) in [6.45, 7) is 3.03. The van der Waals surface area contributed by atoms with E-state index in [0.29, 0.717) is 18.7 Å². The minimum Gasteiger partial charge on any atom is -0.491 e. The van der Waals surface area contributed by atoms with Crippen LogP contribution in [0.2, 0.25) is 0 Å². The number of hydrogen-bond acceptors (Lipinski definition) is 2. The number of aryl methyl sites for hydroxylation is 1. The van der Waals surface area contributed by atoms with Gasteiger partial charge >= 0.3 is 0 Å². The number of carbonyl (C=O) groups is 1. The van der Waals surface area contributed by atoms with Crippen molar-refractivity contribution in [3.8, 4) is 5.75 Å². The van der Waals surface area contributed by atoms with Gasteiger partial charge in [0.2, 0.25) is 0 Å². The molecular weight excluding hydrogens is 298 g/mol. The summed E-state index contributed by atoms with van der Waals surface area (Å²) < 4.78 is 5.77. The molecule has 24 heavy (non-hydrogen) atoms. The van der Waals surface area contributed by atoms with Crippen molar-refractivity contribution in [3.63, 3.8) is 0 Å². The lowest BCUT2D eigenvalue weighted by molar-refractivity contribution is 0.0774. The highest BCUT2D eigenvalue weighted by Gasteiger charge is 2.12. The number of fused-ring (bicyclic) bond motifs is 1. The predicted molar refractivity (Wildman–Crippen MR) is 97.6 cm³/mol. The summed E-state index contributed by atoms with van der Waals surface area (Å²) in [5.74, 6) is 0.873. The van der Waals surface area contributed by atoms with Gasteiger partial charge in [-0.1, -0.05) is 48.5 Å². The largest absolute Gasteiger partial charge is 0.491 e. The second-order valence-electron chi connectivity index (χ2n) is 5.90. The number of likely N-dealkylation sites (N-methyl/N-ethyl adjacent to an activating group) is 1. The zero-order chi connectivity index (χ0) is 16.9. The molecule has 122 valence electrons. The van der Waals surface area contributed by atoms with Gasteiger partial charge in [0.1, 0.15) is 12.4 Å². The van der Waals surface area contributed by atoms with E-state index in [1.54, 1.807) is 11.9 Å². The fourth-order valence-corrected chi connectivity index (χ4v) is 2.66. The molecule has 1 amide bonds. The highest BCUT2D eigenvalue weighted by Crippen LogP contribution is 2.17. The monoisotopic (exact) mass is 319 g/mol. The first-order valence-corrected chi connectivity index (χ1v) is 8.08. The Balaban J connectivity index is 1.62. The first kappa shape index (κ1) is 16.1. The van der Waals surface area contributed by atoms with E-state index in [-0.39, 0.29) is 5.91 Å². The maximum Gasteiger partial charge on any atom is 0.253 e. The average molecular weight is 319 g/mol. The van der Waals surface area contributed by atoms with Crippen molar-refractivity contribution in [2.45, 2.75) is 6.92 Å². The van der Waals surface area contributed by atoms with Crippen molar-refractivity contribution in [2.24, 2.45) is 0 Å². The molecule has 0 aliphatic rings. The molecule has 0 unspecified atom stereocenters. The second-order valence-corrected chi connectivity index (χ2v) is 5.90. The molecule has 3 heteroatoms. The van der Waals surface area contributed by atoms with Crippen LogP contribution in [-0.4, -0.2) is 31.0 Å². The van der Waals surface area contributed by atoms with E-state index >= 15 is 0 Å². The average Bonchev–Trinajstić information content (AvgIpc) is 2.62. The highest BCUT2D eigenvalue weighted by atomic mass is 16.5. The van der Waals surface area contributed by atoms with E-state index in [1.807, 2.05) is 73.7 Å². The normalized spacial score (nSPS) is 10.6. The molecule has 0 saturated carbocycles. The van der Waals surface area contributed by atoms with Crippen LogP contribution in [-0.2, 0) is 0 Å². The standard InChI is InChI=1S/C21H21NO2/c1-16-7-3-6-10-20(16)24-14-13-22(2)21(23)19-12-11-17-8-4-5-9-18(17)15-19/h3-12,15H,13-14H2,1-2H3. The van der Waals surface area contributed by atoms with Gasteiger partial charge in [-0.2, -0.15) is 0 Å². The molecule has 0 saturated heterocycles. The molecule has 0 spiro atoms. The van der Waals surface area contributed by atoms with Crippen LogP contribution in [0.4, 0.5) is 0 Å². The van der Waals surface area contributed by atoms with E-state index in [2.05, 4.69) is 0 Å². The Morgan fingerprint density at radius 1 is 0.958 bits per heavy atom. The van der Waals surface area contributed by atoms with Crippen LogP contribution >= 0.6 is 0 Å². The van der Waals surface area contributed by atoms with Crippen LogP contribution in [0.3, 0.4) is 0 Å². The summed E-state index contributed by atoms with van der Waals surface area (Å²) in [7, 11) is 1.80. The van der Waals surface area contributed by atoms with Crippen molar-refractivity contribution < 1.29 is 9.53 Å². The van der Waals surface area contributed by atoms with Gasteiger partial charge in [0.25, 0.3) is 5.91 Å². The highest BCUT2D eigenvalue weighted by molar-refractivity contribution is 5.98. The van der Waals surface area contributed by atoms with E-state index < -0.39 is 0 Å². The maximum absolute atomic E-state index is 12.6. The number of carbonyl (C=O) groups excluding carboxylic acids is 1. The predicted octanol–water partition coefficient (Wildman–Crippen LogP) is 4.30. The van der Waals surface area contributed by atoms with Crippen LogP contribution in [0, 0.1) is 6.92 Å². The van der Waals surface area contributed by atoms with E-state index in [1.165, 1.54) is 0 Å². The zero-order valence-electron chi connectivity index (χ0n) is 14.0. The molecular formula is C21H21NO2. The Bertz CT molecular complexity index is 857. The molecule has 0 aliphatic carbocycles. The quantitative estimate of drug-likeness (QED) is 0.702. The first-order valence-electron chi connectivity index (χ1n) is 8.08. The van der Waals surface area contributed by atoms with Gasteiger partial charge in [-0.15, -0.1) is 0 Å². The summed E-state index contributed by atoms with van der Waals surface area (Å²) in [5.41, 5.74) is 1.80. The molecule has 3 aromatic rings. The number of nitrogens with zero attached hydrogens (tertiary/aromatic N) is 1. The van der Waals surface area contributed by atoms with E-state index in [4.69, 9.17) is 4.74 Å². The number of ether oxygens (including phenoxy) is 1. The minimum absolute atomic E-state index is 0.00846. The van der Waals surface area contributed by atoms with Crippen molar-refractivity contribution in [1.82, 2.24) is 4.90 Å². The lowest BCUT2D eigenvalue weighted by Crippen LogP contribution is -2.30. The first-order chi connectivity index (χ1) is 11.6. The molecule has 3 rings (SSSR count). The number of rotatable bonds is 5. The van der Waals surface area contributed by atoms with Gasteiger partial charge in [0, 0.05) is 12.6 Å². The molecule has 3 nitrogen and oxygen atoms in total. The number of benzene rings is 3. The number of hydrogen-bond donors (Lipinski definition) is 0. The van der Waals surface area contributed by atoms with Gasteiger partial charge in [-0.3, -0.25) is 4.79 Å². The molecule has 0 N–H and O–H groups in total. The van der Waals surface area contributed by atoms with Crippen molar-refractivity contribution >= 4 is 16.7 Å². The number of amides is 1. The van der Waals surface area contributed by atoms with Crippen LogP contribution in [0.1, 0.15) is 15.9 Å². The van der Waals surface area contributed by atoms with E-state index in [0.717, 1.165) is 22.1 Å². The van der Waals surface area contributed by atoms with Gasteiger partial charge in [-0.25, -0.2) is 0 Å². The Morgan fingerprint density at radius 3 is 2.46 bits per heavy atom. The smallest absolute Gasteiger partial charge is 0.253 e. The van der Waals surface area contributed by atoms with Gasteiger partial charge in [0.15, 0.2) is 0 Å². The third kappa shape index (κ3) is 3.57. The van der Waals surface area contributed by atoms with Crippen molar-refractivity contribution in [1.29, 1.82) is 0 Å². The lowest BCUT2D eigenvalue weighted by Gasteiger charge is -2.18. The molecule has 0 heterocycles. The summed E-state index contributed by atoms with van der Waals surface area (Å²) >= 11 is 0. The van der Waals surface area contributed by atoms with Crippen LogP contribution < -0.4 is 4.74 Å². The summed E-state index contributed by atoms with van der Waals surface area (Å²) in [6.07, 6.45) is 0. The molecule has 3 aromatic carbocycles. The maximum atomic E-state index is 12.6. The molecule has 0 radical (unpaired) electrons. The van der Waals surface area contributed by atoms with Crippen LogP contribution in [0.5, 0.6) is 5.75 Å². The van der Waals surface area contributed by atoms with Gasteiger partial charge < -0.3 is 9.64 Å². The zero-order valence-corrected chi connectivity index (χ0v) is 14.0.